The number of hydrogen-bond donors (Lipinski definition) is 2. The first kappa shape index (κ1) is 12.1. The second-order valence-electron chi connectivity index (χ2n) is 5.48. The molecule has 0 saturated heterocycles. The van der Waals surface area contributed by atoms with E-state index in [1.807, 2.05) is 0 Å². The summed E-state index contributed by atoms with van der Waals surface area (Å²) in [7, 11) is 0. The molecule has 0 bridgehead atoms. The van der Waals surface area contributed by atoms with Crippen LogP contribution < -0.4 is 5.32 Å². The maximum atomic E-state index is 14.0. The minimum absolute atomic E-state index is 0.0149. The van der Waals surface area contributed by atoms with Gasteiger partial charge in [-0.15, -0.1) is 0 Å². The van der Waals surface area contributed by atoms with Crippen molar-refractivity contribution in [1.82, 2.24) is 0 Å². The van der Waals surface area contributed by atoms with Gasteiger partial charge in [0.1, 0.15) is 5.82 Å². The molecule has 3 rings (SSSR count). The fraction of sp³-hybridized carbons (Fsp3) is 0.429. The molecule has 1 amide bonds. The number of aliphatic carboxylic acids is 1. The predicted octanol–water partition coefficient (Wildman–Crippen LogP) is 2.39. The van der Waals surface area contributed by atoms with E-state index in [2.05, 4.69) is 5.32 Å². The van der Waals surface area contributed by atoms with Crippen molar-refractivity contribution in [2.45, 2.75) is 37.5 Å². The number of carbonyl (C=O) groups excluding carboxylic acids is 1. The average molecular weight is 263 g/mol. The Kier molecular flexibility index (Phi) is 2.42. The lowest BCUT2D eigenvalue weighted by Gasteiger charge is -2.15. The third kappa shape index (κ3) is 1.80. The molecule has 5 heteroatoms. The van der Waals surface area contributed by atoms with Gasteiger partial charge in [0.2, 0.25) is 5.91 Å². The first-order chi connectivity index (χ1) is 8.93. The molecule has 100 valence electrons. The first-order valence-corrected chi connectivity index (χ1v) is 6.29. The molecule has 1 fully saturated rings. The Labute approximate surface area is 109 Å². The van der Waals surface area contributed by atoms with Gasteiger partial charge in [-0.25, -0.2) is 4.39 Å². The number of anilines is 1. The van der Waals surface area contributed by atoms with Crippen molar-refractivity contribution in [3.8, 4) is 0 Å². The molecule has 1 aliphatic carbocycles. The van der Waals surface area contributed by atoms with Crippen molar-refractivity contribution in [2.24, 2.45) is 0 Å². The van der Waals surface area contributed by atoms with Crippen LogP contribution in [0, 0.1) is 5.82 Å². The number of hydrogen-bond acceptors (Lipinski definition) is 2. The molecule has 2 aliphatic rings. The molecule has 1 saturated carbocycles. The van der Waals surface area contributed by atoms with E-state index in [1.54, 1.807) is 13.0 Å². The van der Waals surface area contributed by atoms with E-state index in [-0.39, 0.29) is 23.9 Å². The number of carboxylic acids is 1. The first-order valence-electron chi connectivity index (χ1n) is 6.29. The summed E-state index contributed by atoms with van der Waals surface area (Å²) in [5, 5.41) is 11.5. The number of rotatable bonds is 3. The molecule has 2 N–H and O–H groups in total. The lowest BCUT2D eigenvalue weighted by molar-refractivity contribution is -0.137. The standard InChI is InChI=1S/C14H14FNO3/c1-7-9-4-8(14(2-3-14)6-11(17)18)5-10(15)12(9)16-13(7)19/h4-5,7H,2-3,6H2,1H3,(H,16,19)(H,17,18). The number of nitrogens with one attached hydrogen (secondary N) is 1. The summed E-state index contributed by atoms with van der Waals surface area (Å²) in [4.78, 5) is 22.5. The summed E-state index contributed by atoms with van der Waals surface area (Å²) in [5.41, 5.74) is 1.14. The molecule has 1 aromatic carbocycles. The number of carboxylic acid groups (broad SMARTS) is 1. The highest BCUT2D eigenvalue weighted by molar-refractivity contribution is 6.02. The van der Waals surface area contributed by atoms with Crippen LogP contribution >= 0.6 is 0 Å². The van der Waals surface area contributed by atoms with E-state index < -0.39 is 17.2 Å². The SMILES string of the molecule is CC1C(=O)Nc2c(F)cc(C3(CC(=O)O)CC3)cc21. The predicted molar refractivity (Wildman–Crippen MR) is 66.6 cm³/mol. The summed E-state index contributed by atoms with van der Waals surface area (Å²) < 4.78 is 14.0. The Hall–Kier alpha value is -1.91. The summed E-state index contributed by atoms with van der Waals surface area (Å²) in [6.07, 6.45) is 1.53. The summed E-state index contributed by atoms with van der Waals surface area (Å²) in [5.74, 6) is -1.94. The molecule has 1 atom stereocenters. The van der Waals surface area contributed by atoms with Gasteiger partial charge >= 0.3 is 5.97 Å². The number of benzene rings is 1. The van der Waals surface area contributed by atoms with Crippen LogP contribution in [0.25, 0.3) is 0 Å². The van der Waals surface area contributed by atoms with Crippen LogP contribution in [0.2, 0.25) is 0 Å². The van der Waals surface area contributed by atoms with Gasteiger partial charge in [-0.05, 0) is 37.0 Å². The quantitative estimate of drug-likeness (QED) is 0.880. The number of amides is 1. The fourth-order valence-corrected chi connectivity index (χ4v) is 2.79. The summed E-state index contributed by atoms with van der Waals surface area (Å²) in [6.45, 7) is 1.72. The smallest absolute Gasteiger partial charge is 0.304 e. The molecule has 1 unspecified atom stereocenters. The Morgan fingerprint density at radius 2 is 2.21 bits per heavy atom. The Morgan fingerprint density at radius 1 is 1.53 bits per heavy atom. The third-order valence-electron chi connectivity index (χ3n) is 4.18. The normalized spacial score (nSPS) is 22.8. The lowest BCUT2D eigenvalue weighted by Crippen LogP contribution is -2.13. The zero-order valence-corrected chi connectivity index (χ0v) is 10.5. The van der Waals surface area contributed by atoms with E-state index in [1.165, 1.54) is 6.07 Å². The second kappa shape index (κ2) is 3.79. The maximum Gasteiger partial charge on any atom is 0.304 e. The molecule has 0 aromatic heterocycles. The molecule has 1 aromatic rings. The van der Waals surface area contributed by atoms with Crippen LogP contribution in [-0.4, -0.2) is 17.0 Å². The minimum atomic E-state index is -0.874. The molecule has 1 heterocycles. The Morgan fingerprint density at radius 3 is 2.79 bits per heavy atom. The van der Waals surface area contributed by atoms with E-state index in [0.717, 1.165) is 12.8 Å². The van der Waals surface area contributed by atoms with Crippen LogP contribution in [0.4, 0.5) is 10.1 Å². The van der Waals surface area contributed by atoms with Crippen LogP contribution in [-0.2, 0) is 15.0 Å². The topological polar surface area (TPSA) is 66.4 Å². The van der Waals surface area contributed by atoms with E-state index in [4.69, 9.17) is 5.11 Å². The molecular formula is C14H14FNO3. The Balaban J connectivity index is 2.04. The molecule has 19 heavy (non-hydrogen) atoms. The number of halogens is 1. The van der Waals surface area contributed by atoms with Gasteiger partial charge in [0, 0.05) is 5.41 Å². The average Bonchev–Trinajstić information content (AvgIpc) is 3.04. The second-order valence-corrected chi connectivity index (χ2v) is 5.48. The van der Waals surface area contributed by atoms with Gasteiger partial charge in [-0.1, -0.05) is 6.07 Å². The molecule has 0 spiro atoms. The van der Waals surface area contributed by atoms with E-state index in [0.29, 0.717) is 11.1 Å². The van der Waals surface area contributed by atoms with Crippen LogP contribution in [0.1, 0.15) is 43.2 Å². The number of carbonyl (C=O) groups is 2. The highest BCUT2D eigenvalue weighted by Crippen LogP contribution is 2.52. The fourth-order valence-electron chi connectivity index (χ4n) is 2.79. The van der Waals surface area contributed by atoms with Gasteiger partial charge in [0.25, 0.3) is 0 Å². The van der Waals surface area contributed by atoms with Crippen LogP contribution in [0.5, 0.6) is 0 Å². The summed E-state index contributed by atoms with van der Waals surface area (Å²) in [6, 6.07) is 3.16. The maximum absolute atomic E-state index is 14.0. The molecular weight excluding hydrogens is 249 g/mol. The van der Waals surface area contributed by atoms with Crippen molar-refractivity contribution in [2.75, 3.05) is 5.32 Å². The van der Waals surface area contributed by atoms with Crippen molar-refractivity contribution in [3.63, 3.8) is 0 Å². The highest BCUT2D eigenvalue weighted by Gasteiger charge is 2.47. The van der Waals surface area contributed by atoms with E-state index in [9.17, 15) is 14.0 Å². The van der Waals surface area contributed by atoms with Gasteiger partial charge < -0.3 is 10.4 Å². The van der Waals surface area contributed by atoms with Crippen LogP contribution in [0.3, 0.4) is 0 Å². The zero-order chi connectivity index (χ0) is 13.8. The van der Waals surface area contributed by atoms with Gasteiger partial charge in [-0.2, -0.15) is 0 Å². The van der Waals surface area contributed by atoms with Crippen molar-refractivity contribution in [1.29, 1.82) is 0 Å². The largest absolute Gasteiger partial charge is 0.481 e. The highest BCUT2D eigenvalue weighted by atomic mass is 19.1. The van der Waals surface area contributed by atoms with Crippen molar-refractivity contribution in [3.05, 3.63) is 29.1 Å². The molecule has 4 nitrogen and oxygen atoms in total. The van der Waals surface area contributed by atoms with E-state index >= 15 is 0 Å². The number of fused-ring (bicyclic) bond motifs is 1. The lowest BCUT2D eigenvalue weighted by atomic mass is 9.89. The molecule has 0 radical (unpaired) electrons. The van der Waals surface area contributed by atoms with Gasteiger partial charge in [-0.3, -0.25) is 9.59 Å². The molecule has 1 aliphatic heterocycles. The minimum Gasteiger partial charge on any atom is -0.481 e. The monoisotopic (exact) mass is 263 g/mol. The third-order valence-corrected chi connectivity index (χ3v) is 4.18. The van der Waals surface area contributed by atoms with Crippen molar-refractivity contribution < 1.29 is 19.1 Å². The van der Waals surface area contributed by atoms with Gasteiger partial charge in [0.05, 0.1) is 18.0 Å². The van der Waals surface area contributed by atoms with Gasteiger partial charge in [0.15, 0.2) is 0 Å². The van der Waals surface area contributed by atoms with Crippen molar-refractivity contribution >= 4 is 17.6 Å². The zero-order valence-electron chi connectivity index (χ0n) is 10.5. The Bertz CT molecular complexity index is 593. The van der Waals surface area contributed by atoms with Crippen LogP contribution in [0.15, 0.2) is 12.1 Å². The summed E-state index contributed by atoms with van der Waals surface area (Å²) >= 11 is 0.